The van der Waals surface area contributed by atoms with Crippen molar-refractivity contribution in [3.8, 4) is 11.4 Å². The van der Waals surface area contributed by atoms with Gasteiger partial charge < -0.3 is 17.0 Å². The molecule has 26 heavy (non-hydrogen) atoms. The monoisotopic (exact) mass is 420 g/mol. The first-order chi connectivity index (χ1) is 12.1. The summed E-state index contributed by atoms with van der Waals surface area (Å²) in [4.78, 5) is 3.47. The number of nitrogens with one attached hydrogen (secondary N) is 1. The topological polar surface area (TPSA) is 19.7 Å². The van der Waals surface area contributed by atoms with E-state index in [0.717, 1.165) is 6.54 Å². The number of imidazole rings is 1. The van der Waals surface area contributed by atoms with E-state index in [1.807, 2.05) is 0 Å². The van der Waals surface area contributed by atoms with Gasteiger partial charge in [0.1, 0.15) is 12.4 Å². The van der Waals surface area contributed by atoms with Crippen molar-refractivity contribution in [1.82, 2.24) is 4.98 Å². The zero-order valence-electron chi connectivity index (χ0n) is 17.2. The molecular formula is C23H37BrN2. The minimum Gasteiger partial charge on any atom is -1.00 e. The number of hydrogen-bond acceptors (Lipinski definition) is 0. The maximum Gasteiger partial charge on any atom is 0.287 e. The van der Waals surface area contributed by atoms with Crippen molar-refractivity contribution in [2.75, 3.05) is 0 Å². The minimum absolute atomic E-state index is 0. The van der Waals surface area contributed by atoms with Gasteiger partial charge in [0.2, 0.25) is 0 Å². The fraction of sp³-hybridized carbons (Fsp3) is 0.609. The van der Waals surface area contributed by atoms with E-state index < -0.39 is 0 Å². The van der Waals surface area contributed by atoms with Crippen molar-refractivity contribution in [3.05, 3.63) is 41.2 Å². The van der Waals surface area contributed by atoms with E-state index in [4.69, 9.17) is 0 Å². The number of nitrogens with zero attached hydrogens (tertiary/aromatic N) is 1. The Morgan fingerprint density at radius 1 is 0.808 bits per heavy atom. The summed E-state index contributed by atoms with van der Waals surface area (Å²) in [5.74, 6) is 1.26. The molecule has 0 unspecified atom stereocenters. The first-order valence-electron chi connectivity index (χ1n) is 10.3. The summed E-state index contributed by atoms with van der Waals surface area (Å²) < 4.78 is 2.39. The number of benzene rings is 1. The Kier molecular flexibility index (Phi) is 10.9. The lowest BCUT2D eigenvalue weighted by Gasteiger charge is -2.09. The Morgan fingerprint density at radius 2 is 1.35 bits per heavy atom. The highest BCUT2D eigenvalue weighted by Gasteiger charge is 2.17. The van der Waals surface area contributed by atoms with E-state index in [0.29, 0.717) is 0 Å². The van der Waals surface area contributed by atoms with Gasteiger partial charge in [0.25, 0.3) is 5.82 Å². The quantitative estimate of drug-likeness (QED) is 0.424. The molecule has 1 aromatic carbocycles. The lowest BCUT2D eigenvalue weighted by Crippen LogP contribution is -3.00. The van der Waals surface area contributed by atoms with Crippen LogP contribution in [0.2, 0.25) is 0 Å². The molecule has 1 heterocycles. The second kappa shape index (κ2) is 12.3. The fourth-order valence-electron chi connectivity index (χ4n) is 3.91. The molecule has 2 aromatic rings. The van der Waals surface area contributed by atoms with Crippen molar-refractivity contribution < 1.29 is 21.5 Å². The van der Waals surface area contributed by atoms with E-state index in [1.54, 1.807) is 0 Å². The molecule has 0 amide bonds. The second-order valence-electron chi connectivity index (χ2n) is 7.60. The Hall–Kier alpha value is -1.09. The van der Waals surface area contributed by atoms with Gasteiger partial charge in [0.05, 0.1) is 12.1 Å². The van der Waals surface area contributed by atoms with Crippen molar-refractivity contribution >= 4 is 0 Å². The van der Waals surface area contributed by atoms with Gasteiger partial charge in [-0.1, -0.05) is 69.6 Å². The number of halogens is 1. The number of rotatable bonds is 11. The molecule has 0 saturated carbocycles. The summed E-state index contributed by atoms with van der Waals surface area (Å²) in [6, 6.07) is 4.57. The van der Waals surface area contributed by atoms with E-state index in [2.05, 4.69) is 61.8 Å². The SMILES string of the molecule is CCCCCCCCCCC[n+]1cc[nH]c1-c1c(C)cc(C)cc1C.[Br-]. The van der Waals surface area contributed by atoms with Gasteiger partial charge >= 0.3 is 0 Å². The normalized spacial score (nSPS) is 10.8. The smallest absolute Gasteiger partial charge is 0.287 e. The van der Waals surface area contributed by atoms with Crippen LogP contribution in [0.15, 0.2) is 24.5 Å². The molecule has 0 aliphatic carbocycles. The molecule has 0 aliphatic heterocycles. The lowest BCUT2D eigenvalue weighted by atomic mass is 9.99. The molecule has 0 radical (unpaired) electrons. The zero-order valence-corrected chi connectivity index (χ0v) is 18.8. The average Bonchev–Trinajstić information content (AvgIpc) is 3.00. The maximum absolute atomic E-state index is 3.47. The van der Waals surface area contributed by atoms with Crippen LogP contribution in [0.25, 0.3) is 11.4 Å². The van der Waals surface area contributed by atoms with Crippen molar-refractivity contribution in [3.63, 3.8) is 0 Å². The van der Waals surface area contributed by atoms with Gasteiger partial charge in [-0.2, -0.15) is 0 Å². The average molecular weight is 421 g/mol. The maximum atomic E-state index is 3.47. The number of aryl methyl sites for hydroxylation is 4. The molecule has 1 N–H and O–H groups in total. The van der Waals surface area contributed by atoms with Crippen LogP contribution in [0.5, 0.6) is 0 Å². The highest BCUT2D eigenvalue weighted by Crippen LogP contribution is 2.24. The van der Waals surface area contributed by atoms with Crippen molar-refractivity contribution in [1.29, 1.82) is 0 Å². The third-order valence-corrected chi connectivity index (χ3v) is 5.18. The van der Waals surface area contributed by atoms with Crippen LogP contribution in [-0.2, 0) is 6.54 Å². The predicted octanol–water partition coefficient (Wildman–Crippen LogP) is 3.43. The predicted molar refractivity (Wildman–Crippen MR) is 108 cm³/mol. The highest BCUT2D eigenvalue weighted by atomic mass is 79.9. The third-order valence-electron chi connectivity index (χ3n) is 5.18. The summed E-state index contributed by atoms with van der Waals surface area (Å²) >= 11 is 0. The highest BCUT2D eigenvalue weighted by molar-refractivity contribution is 5.63. The Labute approximate surface area is 171 Å². The molecule has 0 spiro atoms. The molecule has 0 fully saturated rings. The van der Waals surface area contributed by atoms with Crippen LogP contribution in [0.4, 0.5) is 0 Å². The number of H-pyrrole nitrogens is 1. The molecule has 3 heteroatoms. The van der Waals surface area contributed by atoms with E-state index >= 15 is 0 Å². The van der Waals surface area contributed by atoms with Crippen LogP contribution in [-0.4, -0.2) is 4.98 Å². The minimum atomic E-state index is 0. The number of aromatic nitrogens is 2. The van der Waals surface area contributed by atoms with Gasteiger partial charge in [-0.25, -0.2) is 9.55 Å². The summed E-state index contributed by atoms with van der Waals surface area (Å²) in [7, 11) is 0. The molecule has 0 atom stereocenters. The molecule has 0 aliphatic rings. The fourth-order valence-corrected chi connectivity index (χ4v) is 3.91. The molecular weight excluding hydrogens is 384 g/mol. The first kappa shape index (κ1) is 23.0. The van der Waals surface area contributed by atoms with E-state index in [1.165, 1.54) is 85.9 Å². The molecule has 2 rings (SSSR count). The van der Waals surface area contributed by atoms with Crippen molar-refractivity contribution in [2.24, 2.45) is 0 Å². The number of aromatic amines is 1. The second-order valence-corrected chi connectivity index (χ2v) is 7.60. The van der Waals surface area contributed by atoms with Crippen LogP contribution < -0.4 is 21.5 Å². The van der Waals surface area contributed by atoms with Gasteiger partial charge in [-0.05, 0) is 44.7 Å². The summed E-state index contributed by atoms with van der Waals surface area (Å²) in [5.41, 5.74) is 5.43. The molecule has 2 nitrogen and oxygen atoms in total. The first-order valence-corrected chi connectivity index (χ1v) is 10.3. The number of hydrogen-bond donors (Lipinski definition) is 1. The van der Waals surface area contributed by atoms with Gasteiger partial charge in [-0.15, -0.1) is 0 Å². The third kappa shape index (κ3) is 6.90. The van der Waals surface area contributed by atoms with Crippen LogP contribution in [0.1, 0.15) is 81.4 Å². The Balaban J connectivity index is 0.00000338. The molecule has 0 bridgehead atoms. The standard InChI is InChI=1S/C23H36N2.BrH/c1-5-6-7-8-9-10-11-12-13-15-25-16-14-24-23(25)22-20(3)17-19(2)18-21(22)4;/h14,16-18H,5-13,15H2,1-4H3;1H. The summed E-state index contributed by atoms with van der Waals surface area (Å²) in [5, 5.41) is 0. The zero-order chi connectivity index (χ0) is 18.1. The van der Waals surface area contributed by atoms with Crippen LogP contribution >= 0.6 is 0 Å². The molecule has 1 aromatic heterocycles. The van der Waals surface area contributed by atoms with Gasteiger partial charge in [0.15, 0.2) is 0 Å². The van der Waals surface area contributed by atoms with Crippen LogP contribution in [0, 0.1) is 20.8 Å². The van der Waals surface area contributed by atoms with E-state index in [-0.39, 0.29) is 17.0 Å². The summed E-state index contributed by atoms with van der Waals surface area (Å²) in [6.45, 7) is 10.0. The Morgan fingerprint density at radius 3 is 1.92 bits per heavy atom. The number of unbranched alkanes of at least 4 members (excludes halogenated alkanes) is 8. The van der Waals surface area contributed by atoms with E-state index in [9.17, 15) is 0 Å². The lowest BCUT2D eigenvalue weighted by molar-refractivity contribution is -0.685. The van der Waals surface area contributed by atoms with Gasteiger partial charge in [-0.3, -0.25) is 0 Å². The van der Waals surface area contributed by atoms with Crippen LogP contribution in [0.3, 0.4) is 0 Å². The largest absolute Gasteiger partial charge is 1.00 e. The van der Waals surface area contributed by atoms with Gasteiger partial charge in [0, 0.05) is 0 Å². The Bertz CT molecular complexity index is 622. The molecule has 0 saturated heterocycles. The van der Waals surface area contributed by atoms with Crippen molar-refractivity contribution in [2.45, 2.75) is 92.0 Å². The molecule has 146 valence electrons. The summed E-state index contributed by atoms with van der Waals surface area (Å²) in [6.07, 6.45) is 16.7.